The first-order valence-corrected chi connectivity index (χ1v) is 8.23. The first-order valence-electron chi connectivity index (χ1n) is 8.23. The molecule has 2 N–H and O–H groups in total. The Morgan fingerprint density at radius 3 is 2.19 bits per heavy atom. The predicted molar refractivity (Wildman–Crippen MR) is 97.2 cm³/mol. The zero-order chi connectivity index (χ0) is 19.3. The molecule has 0 heterocycles. The van der Waals surface area contributed by atoms with Crippen molar-refractivity contribution in [3.63, 3.8) is 0 Å². The minimum atomic E-state index is -0.985. The lowest BCUT2D eigenvalue weighted by Gasteiger charge is -2.13. The number of ketones is 1. The van der Waals surface area contributed by atoms with E-state index in [4.69, 9.17) is 4.74 Å². The van der Waals surface area contributed by atoms with Crippen LogP contribution in [0, 0.1) is 5.92 Å². The molecule has 0 saturated carbocycles. The molecule has 0 spiro atoms. The fraction of sp³-hybridized carbons (Fsp3) is 0.250. The van der Waals surface area contributed by atoms with E-state index in [0.29, 0.717) is 11.3 Å². The maximum Gasteiger partial charge on any atom is 0.338 e. The lowest BCUT2D eigenvalue weighted by Crippen LogP contribution is -2.24. The molecule has 0 fully saturated rings. The average Bonchev–Trinajstić information content (AvgIpc) is 2.61. The fourth-order valence-corrected chi connectivity index (χ4v) is 2.15. The van der Waals surface area contributed by atoms with Crippen LogP contribution in [0.25, 0.3) is 0 Å². The topological polar surface area (TPSA) is 92.7 Å². The quantitative estimate of drug-likeness (QED) is 0.612. The van der Waals surface area contributed by atoms with E-state index in [0.717, 1.165) is 0 Å². The molecule has 0 aliphatic carbocycles. The van der Waals surface area contributed by atoms with E-state index >= 15 is 0 Å². The predicted octanol–water partition coefficient (Wildman–Crippen LogP) is 3.41. The zero-order valence-corrected chi connectivity index (χ0v) is 14.9. The number of Topliss-reactive ketones (excluding diaryl/α,β-unsaturated/α-hetero) is 1. The molecule has 2 rings (SSSR count). The van der Waals surface area contributed by atoms with Gasteiger partial charge in [-0.25, -0.2) is 4.79 Å². The lowest BCUT2D eigenvalue weighted by atomic mass is 10.1. The third kappa shape index (κ3) is 4.92. The summed E-state index contributed by atoms with van der Waals surface area (Å²) in [6.07, 6.45) is -0.985. The number of rotatable bonds is 6. The SMILES string of the molecule is CC(C)C(=O)Nc1ccc(C(=O)C(C)OC(=O)c2cccc(O)c2)cc1. The van der Waals surface area contributed by atoms with Crippen molar-refractivity contribution in [3.05, 3.63) is 59.7 Å². The molecule has 1 unspecified atom stereocenters. The van der Waals surface area contributed by atoms with Gasteiger partial charge in [-0.15, -0.1) is 0 Å². The van der Waals surface area contributed by atoms with Crippen LogP contribution in [0.3, 0.4) is 0 Å². The van der Waals surface area contributed by atoms with Crippen molar-refractivity contribution in [1.82, 2.24) is 0 Å². The second kappa shape index (κ2) is 8.29. The second-order valence-corrected chi connectivity index (χ2v) is 6.18. The molecular weight excluding hydrogens is 334 g/mol. The Balaban J connectivity index is 2.01. The van der Waals surface area contributed by atoms with Crippen LogP contribution in [0.15, 0.2) is 48.5 Å². The van der Waals surface area contributed by atoms with Gasteiger partial charge >= 0.3 is 5.97 Å². The van der Waals surface area contributed by atoms with Crippen LogP contribution in [-0.2, 0) is 9.53 Å². The van der Waals surface area contributed by atoms with Crippen LogP contribution in [-0.4, -0.2) is 28.9 Å². The van der Waals surface area contributed by atoms with E-state index < -0.39 is 12.1 Å². The molecule has 0 aliphatic rings. The molecule has 2 aromatic carbocycles. The Labute approximate surface area is 151 Å². The molecule has 6 nitrogen and oxygen atoms in total. The van der Waals surface area contributed by atoms with Crippen molar-refractivity contribution in [2.75, 3.05) is 5.32 Å². The van der Waals surface area contributed by atoms with Crippen molar-refractivity contribution < 1.29 is 24.2 Å². The highest BCUT2D eigenvalue weighted by molar-refractivity contribution is 6.02. The molecule has 2 aromatic rings. The number of esters is 1. The van der Waals surface area contributed by atoms with Gasteiger partial charge in [0.25, 0.3) is 0 Å². The Kier molecular flexibility index (Phi) is 6.11. The number of amides is 1. The molecule has 0 aliphatic heterocycles. The molecule has 0 aromatic heterocycles. The molecule has 1 atom stereocenters. The molecule has 1 amide bonds. The summed E-state index contributed by atoms with van der Waals surface area (Å²) in [7, 11) is 0. The zero-order valence-electron chi connectivity index (χ0n) is 14.9. The molecule has 6 heteroatoms. The summed E-state index contributed by atoms with van der Waals surface area (Å²) in [6.45, 7) is 5.06. The molecule has 26 heavy (non-hydrogen) atoms. The molecule has 0 radical (unpaired) electrons. The van der Waals surface area contributed by atoms with E-state index in [-0.39, 0.29) is 28.9 Å². The highest BCUT2D eigenvalue weighted by Gasteiger charge is 2.20. The first-order chi connectivity index (χ1) is 12.3. The van der Waals surface area contributed by atoms with Gasteiger partial charge in [-0.1, -0.05) is 19.9 Å². The van der Waals surface area contributed by atoms with Crippen LogP contribution < -0.4 is 5.32 Å². The van der Waals surface area contributed by atoms with Gasteiger partial charge in [0.1, 0.15) is 5.75 Å². The third-order valence-electron chi connectivity index (χ3n) is 3.70. The van der Waals surface area contributed by atoms with Gasteiger partial charge in [-0.3, -0.25) is 9.59 Å². The highest BCUT2D eigenvalue weighted by atomic mass is 16.5. The van der Waals surface area contributed by atoms with E-state index in [1.54, 1.807) is 38.1 Å². The maximum absolute atomic E-state index is 12.4. The Morgan fingerprint density at radius 2 is 1.62 bits per heavy atom. The van der Waals surface area contributed by atoms with Gasteiger partial charge in [-0.2, -0.15) is 0 Å². The highest BCUT2D eigenvalue weighted by Crippen LogP contribution is 2.16. The molecule has 0 bridgehead atoms. The van der Waals surface area contributed by atoms with Crippen molar-refractivity contribution in [1.29, 1.82) is 0 Å². The second-order valence-electron chi connectivity index (χ2n) is 6.18. The number of hydrogen-bond acceptors (Lipinski definition) is 5. The summed E-state index contributed by atoms with van der Waals surface area (Å²) >= 11 is 0. The van der Waals surface area contributed by atoms with Crippen LogP contribution in [0.1, 0.15) is 41.5 Å². The standard InChI is InChI=1S/C20H21NO5/c1-12(2)19(24)21-16-9-7-14(8-10-16)18(23)13(3)26-20(25)15-5-4-6-17(22)11-15/h4-13,22H,1-3H3,(H,21,24). The van der Waals surface area contributed by atoms with Crippen LogP contribution >= 0.6 is 0 Å². The Bertz CT molecular complexity index is 811. The van der Waals surface area contributed by atoms with E-state index in [9.17, 15) is 19.5 Å². The summed E-state index contributed by atoms with van der Waals surface area (Å²) in [5.41, 5.74) is 1.12. The number of carbonyl (C=O) groups is 3. The Morgan fingerprint density at radius 1 is 0.962 bits per heavy atom. The van der Waals surface area contributed by atoms with Crippen molar-refractivity contribution in [2.45, 2.75) is 26.9 Å². The number of phenols is 1. The molecule has 0 saturated heterocycles. The number of phenolic OH excluding ortho intramolecular Hbond substituents is 1. The number of ether oxygens (including phenoxy) is 1. The minimum absolute atomic E-state index is 0.0579. The Hall–Kier alpha value is -3.15. The van der Waals surface area contributed by atoms with E-state index in [1.165, 1.54) is 31.2 Å². The molecular formula is C20H21NO5. The van der Waals surface area contributed by atoms with Gasteiger partial charge in [-0.05, 0) is 49.4 Å². The number of benzene rings is 2. The van der Waals surface area contributed by atoms with Crippen molar-refractivity contribution in [2.24, 2.45) is 5.92 Å². The summed E-state index contributed by atoms with van der Waals surface area (Å²) in [6, 6.07) is 12.1. The summed E-state index contributed by atoms with van der Waals surface area (Å²) in [5, 5.41) is 12.1. The van der Waals surface area contributed by atoms with E-state index in [1.807, 2.05) is 0 Å². The smallest absolute Gasteiger partial charge is 0.338 e. The normalized spacial score (nSPS) is 11.7. The third-order valence-corrected chi connectivity index (χ3v) is 3.70. The molecule has 136 valence electrons. The van der Waals surface area contributed by atoms with Crippen molar-refractivity contribution >= 4 is 23.3 Å². The average molecular weight is 355 g/mol. The number of aromatic hydroxyl groups is 1. The number of hydrogen-bond donors (Lipinski definition) is 2. The van der Waals surface area contributed by atoms with Gasteiger partial charge in [0.05, 0.1) is 5.56 Å². The van der Waals surface area contributed by atoms with Gasteiger partial charge in [0.2, 0.25) is 11.7 Å². The largest absolute Gasteiger partial charge is 0.508 e. The van der Waals surface area contributed by atoms with Gasteiger partial charge in [0, 0.05) is 17.2 Å². The number of carbonyl (C=O) groups excluding carboxylic acids is 3. The maximum atomic E-state index is 12.4. The minimum Gasteiger partial charge on any atom is -0.508 e. The van der Waals surface area contributed by atoms with Crippen LogP contribution in [0.5, 0.6) is 5.75 Å². The summed E-state index contributed by atoms with van der Waals surface area (Å²) < 4.78 is 5.16. The monoisotopic (exact) mass is 355 g/mol. The number of nitrogens with one attached hydrogen (secondary N) is 1. The number of anilines is 1. The van der Waals surface area contributed by atoms with Crippen LogP contribution in [0.4, 0.5) is 5.69 Å². The van der Waals surface area contributed by atoms with Gasteiger partial charge < -0.3 is 15.2 Å². The van der Waals surface area contributed by atoms with Crippen molar-refractivity contribution in [3.8, 4) is 5.75 Å². The van der Waals surface area contributed by atoms with E-state index in [2.05, 4.69) is 5.32 Å². The summed E-state index contributed by atoms with van der Waals surface area (Å²) in [5.74, 6) is -1.37. The van der Waals surface area contributed by atoms with Crippen LogP contribution in [0.2, 0.25) is 0 Å². The van der Waals surface area contributed by atoms with Gasteiger partial charge in [0.15, 0.2) is 6.10 Å². The lowest BCUT2D eigenvalue weighted by molar-refractivity contribution is -0.118. The first kappa shape index (κ1) is 19.2. The summed E-state index contributed by atoms with van der Waals surface area (Å²) in [4.78, 5) is 36.1. The fourth-order valence-electron chi connectivity index (χ4n) is 2.15.